The van der Waals surface area contributed by atoms with Crippen LogP contribution in [-0.2, 0) is 4.79 Å². The summed E-state index contributed by atoms with van der Waals surface area (Å²) in [6.45, 7) is 2.04. The highest BCUT2D eigenvalue weighted by Crippen LogP contribution is 2.36. The number of carbonyl (C=O) groups excluding carboxylic acids is 1. The largest absolute Gasteiger partial charge is 0.378 e. The molecule has 122 valence electrons. The van der Waals surface area contributed by atoms with Crippen molar-refractivity contribution in [3.05, 3.63) is 64.6 Å². The molecular formula is C19H18N2OS2. The average molecular weight is 355 g/mol. The molecule has 0 bridgehead atoms. The second-order valence-electron chi connectivity index (χ2n) is 5.84. The normalized spacial score (nSPS) is 16.1. The molecule has 0 atom stereocenters. The Morgan fingerprint density at radius 1 is 1.04 bits per heavy atom. The summed E-state index contributed by atoms with van der Waals surface area (Å²) in [6, 6.07) is 15.9. The predicted molar refractivity (Wildman–Crippen MR) is 108 cm³/mol. The highest BCUT2D eigenvalue weighted by molar-refractivity contribution is 8.27. The van der Waals surface area contributed by atoms with E-state index in [9.17, 15) is 4.79 Å². The van der Waals surface area contributed by atoms with E-state index in [1.165, 1.54) is 17.3 Å². The summed E-state index contributed by atoms with van der Waals surface area (Å²) in [5, 5.41) is 0. The van der Waals surface area contributed by atoms with Gasteiger partial charge in [-0.3, -0.25) is 9.69 Å². The van der Waals surface area contributed by atoms with E-state index in [1.54, 1.807) is 4.90 Å². The molecule has 5 heteroatoms. The van der Waals surface area contributed by atoms with Gasteiger partial charge in [-0.25, -0.2) is 0 Å². The van der Waals surface area contributed by atoms with Gasteiger partial charge in [0.2, 0.25) is 0 Å². The number of amides is 1. The van der Waals surface area contributed by atoms with Gasteiger partial charge in [0, 0.05) is 19.8 Å². The van der Waals surface area contributed by atoms with Gasteiger partial charge in [-0.1, -0.05) is 53.8 Å². The number of hydrogen-bond acceptors (Lipinski definition) is 4. The Balaban J connectivity index is 1.87. The fourth-order valence-electron chi connectivity index (χ4n) is 2.40. The lowest BCUT2D eigenvalue weighted by Gasteiger charge is -2.17. The monoisotopic (exact) mass is 354 g/mol. The van der Waals surface area contributed by atoms with Crippen LogP contribution < -0.4 is 9.80 Å². The first kappa shape index (κ1) is 16.7. The van der Waals surface area contributed by atoms with Crippen LogP contribution in [0.5, 0.6) is 0 Å². The molecule has 0 N–H and O–H groups in total. The fraction of sp³-hybridized carbons (Fsp3) is 0.158. The fourth-order valence-corrected chi connectivity index (χ4v) is 3.70. The zero-order valence-corrected chi connectivity index (χ0v) is 15.4. The van der Waals surface area contributed by atoms with Crippen LogP contribution >= 0.6 is 24.0 Å². The molecule has 1 saturated heterocycles. The van der Waals surface area contributed by atoms with Crippen molar-refractivity contribution in [3.8, 4) is 0 Å². The lowest BCUT2D eigenvalue weighted by molar-refractivity contribution is -0.113. The van der Waals surface area contributed by atoms with Crippen LogP contribution in [0.3, 0.4) is 0 Å². The Labute approximate surface area is 152 Å². The van der Waals surface area contributed by atoms with Crippen molar-refractivity contribution in [1.29, 1.82) is 0 Å². The van der Waals surface area contributed by atoms with Crippen LogP contribution in [0.4, 0.5) is 11.4 Å². The number of rotatable bonds is 3. The van der Waals surface area contributed by atoms with E-state index in [-0.39, 0.29) is 5.91 Å². The Hall–Kier alpha value is -2.11. The highest BCUT2D eigenvalue weighted by atomic mass is 32.2. The summed E-state index contributed by atoms with van der Waals surface area (Å²) in [5.41, 5.74) is 4.08. The third-order valence-corrected chi connectivity index (χ3v) is 5.10. The summed E-state index contributed by atoms with van der Waals surface area (Å²) in [7, 11) is 3.97. The molecule has 2 aromatic carbocycles. The number of benzene rings is 2. The van der Waals surface area contributed by atoms with E-state index in [0.29, 0.717) is 9.23 Å². The third kappa shape index (κ3) is 3.37. The van der Waals surface area contributed by atoms with Gasteiger partial charge in [0.15, 0.2) is 4.32 Å². The maximum absolute atomic E-state index is 12.7. The highest BCUT2D eigenvalue weighted by Gasteiger charge is 2.33. The number of thiocarbonyl (C=S) groups is 1. The second-order valence-corrected chi connectivity index (χ2v) is 7.51. The zero-order valence-electron chi connectivity index (χ0n) is 13.8. The van der Waals surface area contributed by atoms with Crippen molar-refractivity contribution in [2.45, 2.75) is 6.92 Å². The van der Waals surface area contributed by atoms with Gasteiger partial charge in [0.25, 0.3) is 5.91 Å². The first-order valence-corrected chi connectivity index (χ1v) is 8.80. The summed E-state index contributed by atoms with van der Waals surface area (Å²) >= 11 is 6.76. The van der Waals surface area contributed by atoms with E-state index < -0.39 is 0 Å². The zero-order chi connectivity index (χ0) is 17.3. The van der Waals surface area contributed by atoms with Crippen molar-refractivity contribution in [1.82, 2.24) is 0 Å². The number of hydrogen-bond donors (Lipinski definition) is 0. The minimum absolute atomic E-state index is 0.0665. The van der Waals surface area contributed by atoms with Crippen LogP contribution in [0.25, 0.3) is 6.08 Å². The quantitative estimate of drug-likeness (QED) is 0.599. The molecule has 0 aromatic heterocycles. The lowest BCUT2D eigenvalue weighted by atomic mass is 10.1. The first-order valence-electron chi connectivity index (χ1n) is 7.58. The summed E-state index contributed by atoms with van der Waals surface area (Å²) in [5.74, 6) is -0.0665. The van der Waals surface area contributed by atoms with Gasteiger partial charge in [-0.15, -0.1) is 0 Å². The molecule has 0 radical (unpaired) electrons. The topological polar surface area (TPSA) is 23.6 Å². The second kappa shape index (κ2) is 6.79. The van der Waals surface area contributed by atoms with Crippen LogP contribution in [-0.4, -0.2) is 24.3 Å². The van der Waals surface area contributed by atoms with Crippen LogP contribution in [0.2, 0.25) is 0 Å². The van der Waals surface area contributed by atoms with E-state index in [2.05, 4.69) is 0 Å². The molecule has 0 saturated carbocycles. The predicted octanol–water partition coefficient (Wildman–Crippen LogP) is 4.47. The molecule has 2 aromatic rings. The Morgan fingerprint density at radius 2 is 1.67 bits per heavy atom. The van der Waals surface area contributed by atoms with Gasteiger partial charge >= 0.3 is 0 Å². The number of nitrogens with zero attached hydrogens (tertiary/aromatic N) is 2. The Morgan fingerprint density at radius 3 is 2.25 bits per heavy atom. The molecule has 3 rings (SSSR count). The molecule has 1 aliphatic rings. The Kier molecular flexibility index (Phi) is 4.73. The molecule has 1 amide bonds. The number of anilines is 2. The van der Waals surface area contributed by atoms with Gasteiger partial charge in [0.1, 0.15) is 0 Å². The summed E-state index contributed by atoms with van der Waals surface area (Å²) in [4.78, 5) is 17.0. The molecular weight excluding hydrogens is 336 g/mol. The number of carbonyl (C=O) groups is 1. The van der Waals surface area contributed by atoms with Crippen LogP contribution in [0.15, 0.2) is 53.4 Å². The molecule has 1 fully saturated rings. The third-order valence-electron chi connectivity index (χ3n) is 3.79. The van der Waals surface area contributed by atoms with Crippen molar-refractivity contribution in [3.63, 3.8) is 0 Å². The smallest absolute Gasteiger partial charge is 0.270 e. The van der Waals surface area contributed by atoms with Gasteiger partial charge in [-0.05, 0) is 42.8 Å². The maximum Gasteiger partial charge on any atom is 0.270 e. The molecule has 3 nitrogen and oxygen atoms in total. The number of thioether (sulfide) groups is 1. The molecule has 1 aliphatic heterocycles. The molecule has 0 unspecified atom stereocenters. The van der Waals surface area contributed by atoms with E-state index in [4.69, 9.17) is 12.2 Å². The van der Waals surface area contributed by atoms with E-state index in [1.807, 2.05) is 80.5 Å². The summed E-state index contributed by atoms with van der Waals surface area (Å²) in [6.07, 6.45) is 1.90. The SMILES string of the molecule is Cc1ccc(/C=C2/SC(=S)N(c3ccc(N(C)C)cc3)C2=O)cc1. The van der Waals surface area contributed by atoms with Gasteiger partial charge < -0.3 is 4.90 Å². The minimum atomic E-state index is -0.0665. The number of aryl methyl sites for hydroxylation is 1. The standard InChI is InChI=1S/C19H18N2OS2/c1-13-4-6-14(7-5-13)12-17-18(22)21(19(23)24-17)16-10-8-15(9-11-16)20(2)3/h4-12H,1-3H3/b17-12+. The molecule has 0 spiro atoms. The molecule has 1 heterocycles. The van der Waals surface area contributed by atoms with Crippen molar-refractivity contribution >= 4 is 51.7 Å². The van der Waals surface area contributed by atoms with Gasteiger partial charge in [0.05, 0.1) is 10.6 Å². The van der Waals surface area contributed by atoms with E-state index in [0.717, 1.165) is 16.9 Å². The maximum atomic E-state index is 12.7. The van der Waals surface area contributed by atoms with Crippen molar-refractivity contribution in [2.24, 2.45) is 0 Å². The van der Waals surface area contributed by atoms with Crippen LogP contribution in [0.1, 0.15) is 11.1 Å². The average Bonchev–Trinajstić information content (AvgIpc) is 2.83. The molecule has 24 heavy (non-hydrogen) atoms. The van der Waals surface area contributed by atoms with Crippen molar-refractivity contribution < 1.29 is 4.79 Å². The van der Waals surface area contributed by atoms with E-state index >= 15 is 0 Å². The van der Waals surface area contributed by atoms with Gasteiger partial charge in [-0.2, -0.15) is 0 Å². The molecule has 0 aliphatic carbocycles. The summed E-state index contributed by atoms with van der Waals surface area (Å²) < 4.78 is 0.566. The van der Waals surface area contributed by atoms with Crippen LogP contribution in [0, 0.1) is 6.92 Å². The minimum Gasteiger partial charge on any atom is -0.378 e. The Bertz CT molecular complexity index is 808. The lowest BCUT2D eigenvalue weighted by Crippen LogP contribution is -2.27. The first-order chi connectivity index (χ1) is 11.5. The van der Waals surface area contributed by atoms with Crippen molar-refractivity contribution in [2.75, 3.05) is 23.9 Å².